The molecular formula is C19H24N2O5S. The van der Waals surface area contributed by atoms with Gasteiger partial charge in [-0.05, 0) is 56.2 Å². The highest BCUT2D eigenvalue weighted by Crippen LogP contribution is 2.32. The van der Waals surface area contributed by atoms with Gasteiger partial charge in [-0.2, -0.15) is 0 Å². The van der Waals surface area contributed by atoms with Gasteiger partial charge in [-0.25, -0.2) is 8.42 Å². The van der Waals surface area contributed by atoms with Gasteiger partial charge in [-0.15, -0.1) is 0 Å². The molecule has 27 heavy (non-hydrogen) atoms. The van der Waals surface area contributed by atoms with Crippen molar-refractivity contribution in [3.8, 4) is 0 Å². The SMILES string of the molecule is CONS(=O)(=O)c1ccc(C(=O)N2CCCCC[C@@H]2c2ccc(C)o2)cc1. The van der Waals surface area contributed by atoms with Crippen molar-refractivity contribution in [1.29, 1.82) is 0 Å². The first-order valence-corrected chi connectivity index (χ1v) is 10.4. The van der Waals surface area contributed by atoms with Crippen molar-refractivity contribution in [3.63, 3.8) is 0 Å². The molecule has 1 saturated heterocycles. The number of rotatable bonds is 5. The highest BCUT2D eigenvalue weighted by Gasteiger charge is 2.29. The summed E-state index contributed by atoms with van der Waals surface area (Å²) in [4.78, 5) is 21.4. The van der Waals surface area contributed by atoms with Crippen molar-refractivity contribution in [2.75, 3.05) is 13.7 Å². The fraction of sp³-hybridized carbons (Fsp3) is 0.421. The van der Waals surface area contributed by atoms with Gasteiger partial charge in [-0.3, -0.25) is 9.63 Å². The molecule has 1 aliphatic rings. The van der Waals surface area contributed by atoms with Gasteiger partial charge in [0.15, 0.2) is 0 Å². The molecule has 7 nitrogen and oxygen atoms in total. The van der Waals surface area contributed by atoms with E-state index in [1.54, 1.807) is 0 Å². The van der Waals surface area contributed by atoms with Crippen LogP contribution in [0.4, 0.5) is 0 Å². The van der Waals surface area contributed by atoms with E-state index in [1.165, 1.54) is 31.4 Å². The number of hydrogen-bond acceptors (Lipinski definition) is 5. The zero-order chi connectivity index (χ0) is 19.4. The second-order valence-electron chi connectivity index (χ2n) is 6.63. The summed E-state index contributed by atoms with van der Waals surface area (Å²) in [7, 11) is -2.52. The first kappa shape index (κ1) is 19.6. The normalized spacial score (nSPS) is 18.3. The predicted octanol–water partition coefficient (Wildman–Crippen LogP) is 3.19. The molecule has 1 fully saturated rings. The fourth-order valence-corrected chi connectivity index (χ4v) is 4.19. The van der Waals surface area contributed by atoms with Crippen LogP contribution in [0.15, 0.2) is 45.7 Å². The highest BCUT2D eigenvalue weighted by atomic mass is 32.2. The van der Waals surface area contributed by atoms with Gasteiger partial charge in [-0.1, -0.05) is 17.7 Å². The van der Waals surface area contributed by atoms with E-state index in [2.05, 4.69) is 4.84 Å². The molecule has 2 aromatic rings. The van der Waals surface area contributed by atoms with E-state index in [0.29, 0.717) is 12.1 Å². The van der Waals surface area contributed by atoms with E-state index in [1.807, 2.05) is 28.8 Å². The number of benzene rings is 1. The Bertz CT molecular complexity index is 889. The molecule has 146 valence electrons. The molecule has 1 aromatic heterocycles. The Balaban J connectivity index is 1.86. The summed E-state index contributed by atoms with van der Waals surface area (Å²) < 4.78 is 29.7. The van der Waals surface area contributed by atoms with Crippen molar-refractivity contribution in [1.82, 2.24) is 9.79 Å². The summed E-state index contributed by atoms with van der Waals surface area (Å²) in [5, 5.41) is 0. The van der Waals surface area contributed by atoms with Crippen molar-refractivity contribution in [2.24, 2.45) is 0 Å². The summed E-state index contributed by atoms with van der Waals surface area (Å²) in [6.07, 6.45) is 3.89. The molecular weight excluding hydrogens is 368 g/mol. The monoisotopic (exact) mass is 392 g/mol. The van der Waals surface area contributed by atoms with Crippen LogP contribution in [-0.2, 0) is 14.9 Å². The second-order valence-corrected chi connectivity index (χ2v) is 8.27. The molecule has 0 spiro atoms. The third-order valence-electron chi connectivity index (χ3n) is 4.71. The van der Waals surface area contributed by atoms with Gasteiger partial charge in [0.2, 0.25) is 0 Å². The molecule has 0 bridgehead atoms. The van der Waals surface area contributed by atoms with E-state index in [-0.39, 0.29) is 16.8 Å². The summed E-state index contributed by atoms with van der Waals surface area (Å²) in [6, 6.07) is 9.59. The molecule has 1 amide bonds. The number of likely N-dealkylation sites (tertiary alicyclic amines) is 1. The molecule has 0 radical (unpaired) electrons. The second kappa shape index (κ2) is 8.24. The summed E-state index contributed by atoms with van der Waals surface area (Å²) in [6.45, 7) is 2.54. The number of furan rings is 1. The largest absolute Gasteiger partial charge is 0.464 e. The van der Waals surface area contributed by atoms with Crippen LogP contribution in [0.2, 0.25) is 0 Å². The van der Waals surface area contributed by atoms with Crippen molar-refractivity contribution in [3.05, 3.63) is 53.5 Å². The molecule has 1 atom stereocenters. The Morgan fingerprint density at radius 1 is 1.15 bits per heavy atom. The number of hydrogen-bond donors (Lipinski definition) is 1. The Labute approximate surface area is 159 Å². The van der Waals surface area contributed by atoms with Crippen LogP contribution in [0.3, 0.4) is 0 Å². The third-order valence-corrected chi connectivity index (χ3v) is 5.99. The fourth-order valence-electron chi connectivity index (χ4n) is 3.38. The molecule has 3 rings (SSSR count). The minimum Gasteiger partial charge on any atom is -0.464 e. The van der Waals surface area contributed by atoms with Crippen LogP contribution < -0.4 is 4.89 Å². The topological polar surface area (TPSA) is 88.8 Å². The van der Waals surface area contributed by atoms with Gasteiger partial charge < -0.3 is 9.32 Å². The van der Waals surface area contributed by atoms with E-state index in [9.17, 15) is 13.2 Å². The summed E-state index contributed by atoms with van der Waals surface area (Å²) in [5.41, 5.74) is 0.446. The van der Waals surface area contributed by atoms with E-state index < -0.39 is 10.0 Å². The molecule has 2 heterocycles. The van der Waals surface area contributed by atoms with E-state index >= 15 is 0 Å². The minimum absolute atomic E-state index is 0.0370. The number of amides is 1. The molecule has 1 N–H and O–H groups in total. The lowest BCUT2D eigenvalue weighted by molar-refractivity contribution is 0.0657. The number of carbonyl (C=O) groups is 1. The average Bonchev–Trinajstić information content (AvgIpc) is 2.93. The van der Waals surface area contributed by atoms with E-state index in [4.69, 9.17) is 4.42 Å². The van der Waals surface area contributed by atoms with Gasteiger partial charge >= 0.3 is 0 Å². The first-order valence-electron chi connectivity index (χ1n) is 8.94. The van der Waals surface area contributed by atoms with Crippen molar-refractivity contribution in [2.45, 2.75) is 43.5 Å². The summed E-state index contributed by atoms with van der Waals surface area (Å²) >= 11 is 0. The number of nitrogens with zero attached hydrogens (tertiary/aromatic N) is 1. The van der Waals surface area contributed by atoms with Gasteiger partial charge in [0.05, 0.1) is 18.0 Å². The summed E-state index contributed by atoms with van der Waals surface area (Å²) in [5.74, 6) is 1.49. The van der Waals surface area contributed by atoms with Gasteiger partial charge in [0, 0.05) is 12.1 Å². The number of nitrogens with one attached hydrogen (secondary N) is 1. The van der Waals surface area contributed by atoms with Crippen molar-refractivity contribution < 1.29 is 22.5 Å². The number of sulfonamides is 1. The van der Waals surface area contributed by atoms with Gasteiger partial charge in [0.1, 0.15) is 11.5 Å². The average molecular weight is 392 g/mol. The lowest BCUT2D eigenvalue weighted by Gasteiger charge is -2.29. The molecule has 0 saturated carbocycles. The Morgan fingerprint density at radius 3 is 2.52 bits per heavy atom. The van der Waals surface area contributed by atoms with Crippen molar-refractivity contribution >= 4 is 15.9 Å². The van der Waals surface area contributed by atoms with Crippen LogP contribution in [0, 0.1) is 6.92 Å². The number of carbonyl (C=O) groups excluding carboxylic acids is 1. The Morgan fingerprint density at radius 2 is 1.89 bits per heavy atom. The van der Waals surface area contributed by atoms with Crippen LogP contribution in [0.25, 0.3) is 0 Å². The third kappa shape index (κ3) is 4.40. The minimum atomic E-state index is -3.75. The predicted molar refractivity (Wildman–Crippen MR) is 99.5 cm³/mol. The quantitative estimate of drug-likeness (QED) is 0.790. The maximum absolute atomic E-state index is 13.1. The maximum atomic E-state index is 13.1. The standard InChI is InChI=1S/C19H24N2O5S/c1-14-7-12-18(26-14)17-6-4-3-5-13-21(17)19(22)15-8-10-16(11-9-15)27(23,24)20-25-2/h7-12,17,20H,3-6,13H2,1-2H3/t17-/m1/s1. The highest BCUT2D eigenvalue weighted by molar-refractivity contribution is 7.89. The maximum Gasteiger partial charge on any atom is 0.262 e. The van der Waals surface area contributed by atoms with Crippen LogP contribution in [0.1, 0.15) is 53.6 Å². The number of aryl methyl sites for hydroxylation is 1. The Hall–Kier alpha value is -2.16. The zero-order valence-corrected chi connectivity index (χ0v) is 16.3. The van der Waals surface area contributed by atoms with Crippen LogP contribution >= 0.6 is 0 Å². The van der Waals surface area contributed by atoms with Crippen LogP contribution in [-0.4, -0.2) is 32.9 Å². The lowest BCUT2D eigenvalue weighted by atomic mass is 10.1. The first-order chi connectivity index (χ1) is 12.9. The molecule has 0 unspecified atom stereocenters. The lowest BCUT2D eigenvalue weighted by Crippen LogP contribution is -2.34. The molecule has 1 aromatic carbocycles. The van der Waals surface area contributed by atoms with Crippen LogP contribution in [0.5, 0.6) is 0 Å². The molecule has 1 aliphatic heterocycles. The van der Waals surface area contributed by atoms with E-state index in [0.717, 1.165) is 37.2 Å². The molecule has 0 aliphatic carbocycles. The molecule has 8 heteroatoms. The van der Waals surface area contributed by atoms with Gasteiger partial charge in [0.25, 0.3) is 15.9 Å². The smallest absolute Gasteiger partial charge is 0.262 e. The Kier molecular flexibility index (Phi) is 5.98. The zero-order valence-electron chi connectivity index (χ0n) is 15.5.